The number of halogens is 3. The molecule has 140 valence electrons. The highest BCUT2D eigenvalue weighted by molar-refractivity contribution is 6.31. The molecule has 0 spiro atoms. The van der Waals surface area contributed by atoms with Crippen LogP contribution in [0.4, 0.5) is 8.78 Å². The van der Waals surface area contributed by atoms with E-state index in [0.29, 0.717) is 22.6 Å². The largest absolute Gasteiger partial charge is 0.462 e. The Morgan fingerprint density at radius 2 is 2.19 bits per heavy atom. The lowest BCUT2D eigenvalue weighted by atomic mass is 9.84. The fraction of sp³-hybridized carbons (Fsp3) is 0.316. The number of carbonyl (C=O) groups is 1. The SMILES string of the molecule is NC1=N[C@](CF)(c2cc(CC(=O)c3ccc(F)cn3)ccc2Cl)[C@H]2C[C@H]2O1. The zero-order chi connectivity index (χ0) is 19.2. The van der Waals surface area contributed by atoms with Crippen molar-refractivity contribution in [2.45, 2.75) is 24.5 Å². The molecule has 4 rings (SSSR count). The van der Waals surface area contributed by atoms with Crippen LogP contribution in [0.3, 0.4) is 0 Å². The first-order valence-electron chi connectivity index (χ1n) is 8.44. The van der Waals surface area contributed by atoms with Gasteiger partial charge in [-0.25, -0.2) is 13.8 Å². The third-order valence-electron chi connectivity index (χ3n) is 5.01. The molecule has 5 nitrogen and oxygen atoms in total. The summed E-state index contributed by atoms with van der Waals surface area (Å²) in [5.74, 6) is -0.937. The molecule has 0 unspecified atom stereocenters. The Labute approximate surface area is 159 Å². The molecule has 1 aliphatic heterocycles. The summed E-state index contributed by atoms with van der Waals surface area (Å²) in [6.45, 7) is -0.769. The van der Waals surface area contributed by atoms with Crippen molar-refractivity contribution >= 4 is 23.4 Å². The minimum absolute atomic E-state index is 0.0228. The number of ether oxygens (including phenoxy) is 1. The molecule has 1 aliphatic carbocycles. The summed E-state index contributed by atoms with van der Waals surface area (Å²) < 4.78 is 32.5. The van der Waals surface area contributed by atoms with Gasteiger partial charge in [0.1, 0.15) is 29.8 Å². The lowest BCUT2D eigenvalue weighted by Gasteiger charge is -2.32. The zero-order valence-corrected chi connectivity index (χ0v) is 14.9. The monoisotopic (exact) mass is 391 g/mol. The molecule has 2 aromatic rings. The number of carbonyl (C=O) groups excluding carboxylic acids is 1. The summed E-state index contributed by atoms with van der Waals surface area (Å²) in [6, 6.07) is 7.44. The number of nitrogens with two attached hydrogens (primary N) is 1. The van der Waals surface area contributed by atoms with Crippen LogP contribution < -0.4 is 5.73 Å². The topological polar surface area (TPSA) is 77.6 Å². The van der Waals surface area contributed by atoms with Crippen LogP contribution in [-0.4, -0.2) is 29.6 Å². The normalized spacial score (nSPS) is 26.0. The maximum absolute atomic E-state index is 14.2. The average Bonchev–Trinajstić information content (AvgIpc) is 3.43. The van der Waals surface area contributed by atoms with Crippen LogP contribution >= 0.6 is 11.6 Å². The molecule has 1 fully saturated rings. The maximum atomic E-state index is 14.2. The summed E-state index contributed by atoms with van der Waals surface area (Å²) in [4.78, 5) is 20.5. The fourth-order valence-corrected chi connectivity index (χ4v) is 3.84. The quantitative estimate of drug-likeness (QED) is 0.794. The van der Waals surface area contributed by atoms with Crippen LogP contribution in [0.25, 0.3) is 0 Å². The highest BCUT2D eigenvalue weighted by Crippen LogP contribution is 2.54. The van der Waals surface area contributed by atoms with Crippen molar-refractivity contribution < 1.29 is 18.3 Å². The van der Waals surface area contributed by atoms with E-state index in [1.54, 1.807) is 18.2 Å². The van der Waals surface area contributed by atoms with Gasteiger partial charge in [0.15, 0.2) is 5.78 Å². The minimum atomic E-state index is -1.20. The highest BCUT2D eigenvalue weighted by atomic mass is 35.5. The molecule has 8 heteroatoms. The first-order valence-corrected chi connectivity index (χ1v) is 8.82. The molecule has 1 saturated carbocycles. The summed E-state index contributed by atoms with van der Waals surface area (Å²) in [5.41, 5.74) is 5.81. The molecule has 0 bridgehead atoms. The predicted molar refractivity (Wildman–Crippen MR) is 95.9 cm³/mol. The van der Waals surface area contributed by atoms with E-state index in [0.717, 1.165) is 6.20 Å². The summed E-state index contributed by atoms with van der Waals surface area (Å²) in [7, 11) is 0. The number of pyridine rings is 1. The van der Waals surface area contributed by atoms with Crippen molar-refractivity contribution in [3.63, 3.8) is 0 Å². The van der Waals surface area contributed by atoms with Crippen molar-refractivity contribution in [3.8, 4) is 0 Å². The number of rotatable bonds is 5. The van der Waals surface area contributed by atoms with E-state index in [1.807, 2.05) is 0 Å². The third kappa shape index (κ3) is 3.16. The minimum Gasteiger partial charge on any atom is -0.462 e. The number of fused-ring (bicyclic) bond motifs is 1. The van der Waals surface area contributed by atoms with Gasteiger partial charge in [-0.1, -0.05) is 23.7 Å². The van der Waals surface area contributed by atoms with Crippen LogP contribution in [0.15, 0.2) is 41.5 Å². The van der Waals surface area contributed by atoms with Crippen molar-refractivity contribution in [2.24, 2.45) is 16.6 Å². The second kappa shape index (κ2) is 6.56. The van der Waals surface area contributed by atoms with Crippen LogP contribution in [0.5, 0.6) is 0 Å². The third-order valence-corrected chi connectivity index (χ3v) is 5.34. The molecule has 0 radical (unpaired) electrons. The van der Waals surface area contributed by atoms with Crippen LogP contribution in [0.2, 0.25) is 5.02 Å². The zero-order valence-electron chi connectivity index (χ0n) is 14.2. The van der Waals surface area contributed by atoms with Crippen LogP contribution in [-0.2, 0) is 16.7 Å². The number of aliphatic imine (C=N–C) groups is 1. The number of nitrogens with zero attached hydrogens (tertiary/aromatic N) is 2. The van der Waals surface area contributed by atoms with Gasteiger partial charge < -0.3 is 10.5 Å². The standard InChI is InChI=1S/C19H16ClF2N3O2/c20-14-3-1-10(6-16(26)15-4-2-11(22)8-24-15)5-12(14)19(9-21)13-7-17(13)27-18(23)25-19/h1-5,8,13,17H,6-7,9H2,(H2,23,25)/t13-,17+,19+/m0/s1. The maximum Gasteiger partial charge on any atom is 0.283 e. The number of benzene rings is 1. The molecule has 2 aliphatic rings. The van der Waals surface area contributed by atoms with Gasteiger partial charge in [-0.3, -0.25) is 9.78 Å². The van der Waals surface area contributed by atoms with Crippen LogP contribution in [0, 0.1) is 11.7 Å². The van der Waals surface area contributed by atoms with E-state index >= 15 is 0 Å². The van der Waals surface area contributed by atoms with Gasteiger partial charge in [-0.15, -0.1) is 0 Å². The molecule has 1 aromatic carbocycles. The molecule has 0 saturated heterocycles. The summed E-state index contributed by atoms with van der Waals surface area (Å²) in [6.07, 6.45) is 1.50. The van der Waals surface area contributed by atoms with Gasteiger partial charge in [0.25, 0.3) is 6.02 Å². The summed E-state index contributed by atoms with van der Waals surface area (Å²) in [5, 5.41) is 0.354. The number of amidine groups is 1. The second-order valence-corrected chi connectivity index (χ2v) is 7.19. The van der Waals surface area contributed by atoms with Crippen molar-refractivity contribution in [2.75, 3.05) is 6.67 Å². The first kappa shape index (κ1) is 17.9. The Morgan fingerprint density at radius 1 is 1.37 bits per heavy atom. The molecular formula is C19H16ClF2N3O2. The van der Waals surface area contributed by atoms with Gasteiger partial charge in [0.05, 0.1) is 6.20 Å². The van der Waals surface area contributed by atoms with E-state index in [-0.39, 0.29) is 35.9 Å². The van der Waals surface area contributed by atoms with E-state index in [4.69, 9.17) is 22.1 Å². The molecule has 0 amide bonds. The van der Waals surface area contributed by atoms with Gasteiger partial charge in [-0.05, 0) is 30.2 Å². The lowest BCUT2D eigenvalue weighted by Crippen LogP contribution is -2.39. The molecule has 1 aromatic heterocycles. The van der Waals surface area contributed by atoms with Gasteiger partial charge in [-0.2, -0.15) is 0 Å². The number of hydrogen-bond acceptors (Lipinski definition) is 5. The Hall–Kier alpha value is -2.54. The Balaban J connectivity index is 1.66. The van der Waals surface area contributed by atoms with E-state index in [1.165, 1.54) is 12.1 Å². The molecule has 2 N–H and O–H groups in total. The highest BCUT2D eigenvalue weighted by Gasteiger charge is 2.59. The van der Waals surface area contributed by atoms with E-state index in [9.17, 15) is 13.6 Å². The number of ketones is 1. The molecule has 27 heavy (non-hydrogen) atoms. The van der Waals surface area contributed by atoms with Gasteiger partial charge in [0, 0.05) is 22.9 Å². The molecule has 2 heterocycles. The molecule has 3 atom stereocenters. The van der Waals surface area contributed by atoms with Crippen molar-refractivity contribution in [1.82, 2.24) is 4.98 Å². The second-order valence-electron chi connectivity index (χ2n) is 6.78. The van der Waals surface area contributed by atoms with E-state index < -0.39 is 18.0 Å². The Morgan fingerprint density at radius 3 is 2.89 bits per heavy atom. The first-order chi connectivity index (χ1) is 12.9. The lowest BCUT2D eigenvalue weighted by molar-refractivity contribution is 0.0988. The average molecular weight is 392 g/mol. The van der Waals surface area contributed by atoms with Crippen molar-refractivity contribution in [3.05, 3.63) is 64.2 Å². The van der Waals surface area contributed by atoms with E-state index in [2.05, 4.69) is 9.98 Å². The fourth-order valence-electron chi connectivity index (χ4n) is 3.56. The van der Waals surface area contributed by atoms with Crippen molar-refractivity contribution in [1.29, 1.82) is 0 Å². The predicted octanol–water partition coefficient (Wildman–Crippen LogP) is 3.20. The molecular weight excluding hydrogens is 376 g/mol. The number of aromatic nitrogens is 1. The van der Waals surface area contributed by atoms with Gasteiger partial charge in [0.2, 0.25) is 0 Å². The number of Topliss-reactive ketones (excluding diaryl/α,β-unsaturated/α-hetero) is 1. The Kier molecular flexibility index (Phi) is 4.34. The Bertz CT molecular complexity index is 935. The van der Waals surface area contributed by atoms with Crippen LogP contribution in [0.1, 0.15) is 28.0 Å². The summed E-state index contributed by atoms with van der Waals surface area (Å²) >= 11 is 6.34. The van der Waals surface area contributed by atoms with Gasteiger partial charge >= 0.3 is 0 Å². The smallest absolute Gasteiger partial charge is 0.283 e. The number of hydrogen-bond donors (Lipinski definition) is 1. The number of alkyl halides is 1.